The highest BCUT2D eigenvalue weighted by Gasteiger charge is 2.34. The number of anilines is 1. The van der Waals surface area contributed by atoms with Crippen LogP contribution in [-0.2, 0) is 11.4 Å². The van der Waals surface area contributed by atoms with E-state index in [1.54, 1.807) is 12.4 Å². The van der Waals surface area contributed by atoms with Crippen molar-refractivity contribution in [1.29, 1.82) is 0 Å². The third kappa shape index (κ3) is 4.63. The van der Waals surface area contributed by atoms with Crippen molar-refractivity contribution in [3.05, 3.63) is 35.2 Å². The fourth-order valence-electron chi connectivity index (χ4n) is 6.02. The molecule has 0 radical (unpaired) electrons. The summed E-state index contributed by atoms with van der Waals surface area (Å²) in [6.07, 6.45) is 8.44. The zero-order chi connectivity index (χ0) is 25.7. The topological polar surface area (TPSA) is 97.2 Å². The van der Waals surface area contributed by atoms with Crippen molar-refractivity contribution >= 4 is 34.7 Å². The Labute approximate surface area is 221 Å². The zero-order valence-corrected chi connectivity index (χ0v) is 22.3. The smallest absolute Gasteiger partial charge is 0.351 e. The van der Waals surface area contributed by atoms with Gasteiger partial charge in [-0.3, -0.25) is 10.3 Å². The number of hydrogen-bond acceptors (Lipinski definition) is 7. The van der Waals surface area contributed by atoms with Crippen LogP contribution in [0.2, 0.25) is 5.02 Å². The normalized spacial score (nSPS) is 28.1. The number of amides is 1. The summed E-state index contributed by atoms with van der Waals surface area (Å²) in [6, 6.07) is 4.24. The van der Waals surface area contributed by atoms with Crippen molar-refractivity contribution < 1.29 is 9.63 Å². The summed E-state index contributed by atoms with van der Waals surface area (Å²) in [5.74, 6) is 2.99. The number of hydroxylamine groups is 1. The Kier molecular flexibility index (Phi) is 6.44. The summed E-state index contributed by atoms with van der Waals surface area (Å²) in [7, 11) is 0. The molecule has 2 N–H and O–H groups in total. The molecule has 3 atom stereocenters. The minimum absolute atomic E-state index is 0.398. The molecule has 37 heavy (non-hydrogen) atoms. The second-order valence-electron chi connectivity index (χ2n) is 11.1. The summed E-state index contributed by atoms with van der Waals surface area (Å²) >= 11 is 6.37. The quantitative estimate of drug-likeness (QED) is 0.459. The average Bonchev–Trinajstić information content (AvgIpc) is 3.57. The van der Waals surface area contributed by atoms with Crippen molar-refractivity contribution in [3.8, 4) is 11.3 Å². The lowest BCUT2D eigenvalue weighted by atomic mass is 9.83. The van der Waals surface area contributed by atoms with E-state index in [-0.39, 0.29) is 0 Å². The fourth-order valence-corrected chi connectivity index (χ4v) is 6.19. The zero-order valence-electron chi connectivity index (χ0n) is 21.6. The number of carbonyl (C=O) groups is 1. The molecule has 3 unspecified atom stereocenters. The van der Waals surface area contributed by atoms with Gasteiger partial charge in [0.2, 0.25) is 5.95 Å². The first-order chi connectivity index (χ1) is 17.9. The van der Waals surface area contributed by atoms with Gasteiger partial charge in [-0.1, -0.05) is 38.3 Å². The van der Waals surface area contributed by atoms with E-state index in [9.17, 15) is 4.79 Å². The van der Waals surface area contributed by atoms with E-state index in [4.69, 9.17) is 26.4 Å². The lowest BCUT2D eigenvalue weighted by Gasteiger charge is -2.30. The third-order valence-electron chi connectivity index (χ3n) is 8.50. The maximum absolute atomic E-state index is 11.8. The summed E-state index contributed by atoms with van der Waals surface area (Å²) in [5, 5.41) is 3.31. The number of hydrogen-bond donors (Lipinski definition) is 2. The van der Waals surface area contributed by atoms with Crippen molar-refractivity contribution in [1.82, 2.24) is 30.3 Å². The number of rotatable bonds is 5. The second-order valence-corrected chi connectivity index (χ2v) is 11.5. The first-order valence-corrected chi connectivity index (χ1v) is 13.8. The van der Waals surface area contributed by atoms with Crippen molar-refractivity contribution in [2.45, 2.75) is 71.6 Å². The Hall–Kier alpha value is -2.91. The lowest BCUT2D eigenvalue weighted by Crippen LogP contribution is -2.32. The molecule has 9 nitrogen and oxygen atoms in total. The van der Waals surface area contributed by atoms with Gasteiger partial charge in [0, 0.05) is 37.1 Å². The van der Waals surface area contributed by atoms with Crippen LogP contribution in [0.3, 0.4) is 0 Å². The first-order valence-electron chi connectivity index (χ1n) is 13.4. The molecule has 3 aromatic heterocycles. The average molecular weight is 524 g/mol. The fraction of sp³-hybridized carbons (Fsp3) is 0.556. The Morgan fingerprint density at radius 3 is 2.57 bits per heavy atom. The number of imidazole rings is 1. The molecule has 196 valence electrons. The molecule has 3 aromatic rings. The molecule has 1 amide bonds. The molecule has 1 saturated carbocycles. The highest BCUT2D eigenvalue weighted by molar-refractivity contribution is 6.30. The molecular weight excluding hydrogens is 490 g/mol. The minimum atomic E-state index is -0.568. The Balaban J connectivity index is 1.54. The molecule has 3 aliphatic rings. The Bertz CT molecular complexity index is 1320. The van der Waals surface area contributed by atoms with Gasteiger partial charge in [0.25, 0.3) is 0 Å². The molecule has 0 spiro atoms. The Morgan fingerprint density at radius 1 is 1.08 bits per heavy atom. The van der Waals surface area contributed by atoms with E-state index in [0.717, 1.165) is 53.7 Å². The van der Waals surface area contributed by atoms with Gasteiger partial charge < -0.3 is 14.3 Å². The van der Waals surface area contributed by atoms with Crippen LogP contribution in [-0.4, -0.2) is 38.2 Å². The van der Waals surface area contributed by atoms with Gasteiger partial charge in [0.1, 0.15) is 0 Å². The van der Waals surface area contributed by atoms with E-state index in [1.807, 2.05) is 12.1 Å². The summed E-state index contributed by atoms with van der Waals surface area (Å²) in [4.78, 5) is 33.8. The third-order valence-corrected chi connectivity index (χ3v) is 8.71. The van der Waals surface area contributed by atoms with Gasteiger partial charge in [0.05, 0.1) is 27.4 Å². The molecule has 3 fully saturated rings. The van der Waals surface area contributed by atoms with E-state index in [0.29, 0.717) is 28.6 Å². The molecular formula is C27H34ClN7O2. The number of halogens is 1. The number of pyridine rings is 2. The van der Waals surface area contributed by atoms with Crippen molar-refractivity contribution in [2.24, 2.45) is 17.8 Å². The number of carbonyl (C=O) groups excluding carboxylic acids is 1. The maximum Gasteiger partial charge on any atom is 0.427 e. The summed E-state index contributed by atoms with van der Waals surface area (Å²) < 4.78 is 2.40. The van der Waals surface area contributed by atoms with Crippen LogP contribution in [0, 0.1) is 17.8 Å². The van der Waals surface area contributed by atoms with Crippen molar-refractivity contribution in [2.75, 3.05) is 11.4 Å². The second kappa shape index (κ2) is 9.76. The predicted molar refractivity (Wildman–Crippen MR) is 143 cm³/mol. The molecule has 1 aliphatic carbocycles. The number of aromatic nitrogens is 4. The lowest BCUT2D eigenvalue weighted by molar-refractivity contribution is 0.121. The standard InChI is InChI=1S/C27H34ClN7O2/c1-15-4-6-18(7-5-15)14-35-24-21(31-26(35)34-9-8-16(2)17(34)3)11-22(25-32-27(36)37-33-25)30-23(24)19-10-20(28)13-29-12-19/h10-13,15-18,25,33H,4-9,14H2,1-3H3,(H,32,36). The number of nitrogens with zero attached hydrogens (tertiary/aromatic N) is 5. The first kappa shape index (κ1) is 24.4. The van der Waals surface area contributed by atoms with Gasteiger partial charge in [-0.2, -0.15) is 0 Å². The number of nitrogens with one attached hydrogen (secondary N) is 2. The maximum atomic E-state index is 11.8. The van der Waals surface area contributed by atoms with E-state index < -0.39 is 12.3 Å². The van der Waals surface area contributed by atoms with Crippen LogP contribution in [0.15, 0.2) is 24.5 Å². The Morgan fingerprint density at radius 2 is 1.89 bits per heavy atom. The molecule has 0 aromatic carbocycles. The van der Waals surface area contributed by atoms with Crippen LogP contribution in [0.4, 0.5) is 10.7 Å². The van der Waals surface area contributed by atoms with Crippen LogP contribution in [0.1, 0.15) is 64.7 Å². The molecule has 10 heteroatoms. The largest absolute Gasteiger partial charge is 0.427 e. The van der Waals surface area contributed by atoms with Crippen molar-refractivity contribution in [3.63, 3.8) is 0 Å². The van der Waals surface area contributed by atoms with Gasteiger partial charge in [-0.05, 0) is 56.1 Å². The minimum Gasteiger partial charge on any atom is -0.351 e. The van der Waals surface area contributed by atoms with Crippen LogP contribution in [0.5, 0.6) is 0 Å². The highest BCUT2D eigenvalue weighted by atomic mass is 35.5. The van der Waals surface area contributed by atoms with E-state index in [1.165, 1.54) is 25.7 Å². The van der Waals surface area contributed by atoms with E-state index in [2.05, 4.69) is 46.0 Å². The summed E-state index contributed by atoms with van der Waals surface area (Å²) in [5.41, 5.74) is 6.75. The molecule has 6 rings (SSSR count). The van der Waals surface area contributed by atoms with Crippen LogP contribution < -0.4 is 15.7 Å². The van der Waals surface area contributed by atoms with Gasteiger partial charge in [-0.25, -0.2) is 14.8 Å². The molecule has 5 heterocycles. The van der Waals surface area contributed by atoms with Gasteiger partial charge in [0.15, 0.2) is 6.17 Å². The van der Waals surface area contributed by atoms with E-state index >= 15 is 0 Å². The highest BCUT2D eigenvalue weighted by Crippen LogP contribution is 2.39. The monoisotopic (exact) mass is 523 g/mol. The summed E-state index contributed by atoms with van der Waals surface area (Å²) in [6.45, 7) is 8.86. The van der Waals surface area contributed by atoms with Gasteiger partial charge >= 0.3 is 6.09 Å². The molecule has 2 saturated heterocycles. The SMILES string of the molecule is CC1CCC(Cn2c(N3CCC(C)C3C)nc3cc(C4NOC(=O)N4)nc(-c4cncc(Cl)c4)c32)CC1. The van der Waals surface area contributed by atoms with Gasteiger partial charge in [-0.15, -0.1) is 5.48 Å². The predicted octanol–water partition coefficient (Wildman–Crippen LogP) is 5.45. The molecule has 0 bridgehead atoms. The van der Waals surface area contributed by atoms with Crippen LogP contribution in [0.25, 0.3) is 22.3 Å². The number of fused-ring (bicyclic) bond motifs is 1. The van der Waals surface area contributed by atoms with Crippen LogP contribution >= 0.6 is 11.6 Å². The molecule has 2 aliphatic heterocycles.